The van der Waals surface area contributed by atoms with Gasteiger partial charge in [-0.3, -0.25) is 0 Å². The molecule has 1 aromatic rings. The molecular formula is C12H16N2O4. The van der Waals surface area contributed by atoms with Crippen molar-refractivity contribution in [1.29, 1.82) is 0 Å². The van der Waals surface area contributed by atoms with Crippen molar-refractivity contribution in [2.45, 2.75) is 5.60 Å². The largest absolute Gasteiger partial charge is 0.497 e. The minimum absolute atomic E-state index is 0.162. The van der Waals surface area contributed by atoms with Gasteiger partial charge in [0.2, 0.25) is 0 Å². The molecule has 98 valence electrons. The molecular weight excluding hydrogens is 236 g/mol. The van der Waals surface area contributed by atoms with Crippen LogP contribution in [0.2, 0.25) is 0 Å². The second-order valence-electron chi connectivity index (χ2n) is 4.01. The van der Waals surface area contributed by atoms with Gasteiger partial charge >= 0.3 is 6.09 Å². The van der Waals surface area contributed by atoms with E-state index in [2.05, 4.69) is 5.32 Å². The molecule has 6 heteroatoms. The summed E-state index contributed by atoms with van der Waals surface area (Å²) in [6.07, 6.45) is -0.481. The molecule has 18 heavy (non-hydrogen) atoms. The highest BCUT2D eigenvalue weighted by atomic mass is 16.6. The number of methoxy groups -OCH3 is 2. The van der Waals surface area contributed by atoms with Gasteiger partial charge in [0.05, 0.1) is 20.8 Å². The summed E-state index contributed by atoms with van der Waals surface area (Å²) < 4.78 is 15.8. The Labute approximate surface area is 105 Å². The first-order valence-corrected chi connectivity index (χ1v) is 5.54. The third kappa shape index (κ3) is 1.95. The van der Waals surface area contributed by atoms with Crippen LogP contribution in [0, 0.1) is 0 Å². The van der Waals surface area contributed by atoms with Gasteiger partial charge in [-0.05, 0) is 18.2 Å². The molecule has 1 amide bonds. The highest BCUT2D eigenvalue weighted by Gasteiger charge is 2.43. The minimum atomic E-state index is -0.906. The zero-order valence-electron chi connectivity index (χ0n) is 10.4. The van der Waals surface area contributed by atoms with Gasteiger partial charge in [0.25, 0.3) is 0 Å². The average molecular weight is 252 g/mol. The highest BCUT2D eigenvalue weighted by molar-refractivity contribution is 5.71. The number of nitrogens with one attached hydrogen (secondary N) is 1. The minimum Gasteiger partial charge on any atom is -0.497 e. The summed E-state index contributed by atoms with van der Waals surface area (Å²) in [6.45, 7) is 0.473. The number of nitrogens with two attached hydrogens (primary N) is 1. The van der Waals surface area contributed by atoms with Crippen molar-refractivity contribution < 1.29 is 19.0 Å². The Morgan fingerprint density at radius 2 is 2.22 bits per heavy atom. The molecule has 0 radical (unpaired) electrons. The van der Waals surface area contributed by atoms with Crippen LogP contribution in [-0.2, 0) is 10.3 Å². The second-order valence-corrected chi connectivity index (χ2v) is 4.01. The van der Waals surface area contributed by atoms with Gasteiger partial charge in [-0.15, -0.1) is 0 Å². The molecule has 0 bridgehead atoms. The van der Waals surface area contributed by atoms with Crippen molar-refractivity contribution in [3.05, 3.63) is 23.8 Å². The summed E-state index contributed by atoms with van der Waals surface area (Å²) in [7, 11) is 3.12. The fourth-order valence-corrected chi connectivity index (χ4v) is 2.01. The molecule has 1 fully saturated rings. The number of carbonyl (C=O) groups is 1. The van der Waals surface area contributed by atoms with Crippen LogP contribution in [-0.4, -0.2) is 33.4 Å². The lowest BCUT2D eigenvalue weighted by Crippen LogP contribution is -2.39. The van der Waals surface area contributed by atoms with Gasteiger partial charge in [-0.1, -0.05) is 0 Å². The van der Waals surface area contributed by atoms with Crippen LogP contribution in [0.15, 0.2) is 18.2 Å². The summed E-state index contributed by atoms with van der Waals surface area (Å²) in [6, 6.07) is 5.31. The number of amides is 1. The fourth-order valence-electron chi connectivity index (χ4n) is 2.01. The molecule has 1 unspecified atom stereocenters. The number of hydrogen-bond acceptors (Lipinski definition) is 5. The zero-order valence-corrected chi connectivity index (χ0v) is 10.4. The molecule has 1 aliphatic rings. The van der Waals surface area contributed by atoms with Crippen LogP contribution in [0.4, 0.5) is 4.79 Å². The van der Waals surface area contributed by atoms with Crippen LogP contribution in [0.25, 0.3) is 0 Å². The Hall–Kier alpha value is -1.95. The van der Waals surface area contributed by atoms with Gasteiger partial charge in [0, 0.05) is 12.1 Å². The number of alkyl carbamates (subject to hydrolysis) is 1. The summed E-state index contributed by atoms with van der Waals surface area (Å²) in [5.41, 5.74) is 5.56. The topological polar surface area (TPSA) is 82.8 Å². The van der Waals surface area contributed by atoms with Crippen LogP contribution < -0.4 is 20.5 Å². The standard InChI is InChI=1S/C12H16N2O4/c1-16-8-3-4-10(17-2)9(5-8)12(6-13)7-14-11(15)18-12/h3-5H,6-7,13H2,1-2H3,(H,14,15). The van der Waals surface area contributed by atoms with E-state index in [1.54, 1.807) is 32.4 Å². The third-order valence-corrected chi connectivity index (χ3v) is 3.03. The first-order chi connectivity index (χ1) is 8.65. The number of ether oxygens (including phenoxy) is 3. The predicted octanol–water partition coefficient (Wildman–Crippen LogP) is 0.598. The van der Waals surface area contributed by atoms with Crippen molar-refractivity contribution >= 4 is 6.09 Å². The van der Waals surface area contributed by atoms with Crippen molar-refractivity contribution in [3.8, 4) is 11.5 Å². The molecule has 1 atom stereocenters. The number of cyclic esters (lactones) is 1. The quantitative estimate of drug-likeness (QED) is 0.819. The Bertz CT molecular complexity index is 463. The van der Waals surface area contributed by atoms with Crippen LogP contribution in [0.5, 0.6) is 11.5 Å². The Morgan fingerprint density at radius 1 is 1.44 bits per heavy atom. The van der Waals surface area contributed by atoms with E-state index in [1.165, 1.54) is 0 Å². The van der Waals surface area contributed by atoms with Crippen molar-refractivity contribution in [2.75, 3.05) is 27.3 Å². The summed E-state index contributed by atoms with van der Waals surface area (Å²) in [4.78, 5) is 11.3. The third-order valence-electron chi connectivity index (χ3n) is 3.03. The van der Waals surface area contributed by atoms with E-state index in [-0.39, 0.29) is 6.54 Å². The van der Waals surface area contributed by atoms with E-state index in [4.69, 9.17) is 19.9 Å². The van der Waals surface area contributed by atoms with E-state index in [9.17, 15) is 4.79 Å². The van der Waals surface area contributed by atoms with Crippen LogP contribution in [0.3, 0.4) is 0 Å². The van der Waals surface area contributed by atoms with Gasteiger partial charge in [-0.2, -0.15) is 0 Å². The number of hydrogen-bond donors (Lipinski definition) is 2. The van der Waals surface area contributed by atoms with Crippen LogP contribution in [0.1, 0.15) is 5.56 Å². The Morgan fingerprint density at radius 3 is 2.72 bits per heavy atom. The van der Waals surface area contributed by atoms with Gasteiger partial charge in [0.1, 0.15) is 11.5 Å². The Kier molecular flexibility index (Phi) is 3.29. The fraction of sp³-hybridized carbons (Fsp3) is 0.417. The van der Waals surface area contributed by atoms with Crippen molar-refractivity contribution in [2.24, 2.45) is 5.73 Å². The highest BCUT2D eigenvalue weighted by Crippen LogP contribution is 2.37. The van der Waals surface area contributed by atoms with Crippen molar-refractivity contribution in [3.63, 3.8) is 0 Å². The molecule has 6 nitrogen and oxygen atoms in total. The molecule has 2 rings (SSSR count). The number of carbonyl (C=O) groups excluding carboxylic acids is 1. The zero-order chi connectivity index (χ0) is 13.2. The first-order valence-electron chi connectivity index (χ1n) is 5.54. The predicted molar refractivity (Wildman–Crippen MR) is 64.8 cm³/mol. The summed E-state index contributed by atoms with van der Waals surface area (Å²) >= 11 is 0. The number of benzene rings is 1. The van der Waals surface area contributed by atoms with Gasteiger partial charge in [0.15, 0.2) is 5.60 Å². The van der Waals surface area contributed by atoms with E-state index < -0.39 is 11.7 Å². The van der Waals surface area contributed by atoms with Gasteiger partial charge < -0.3 is 25.3 Å². The average Bonchev–Trinajstić information content (AvgIpc) is 2.80. The number of rotatable bonds is 4. The lowest BCUT2D eigenvalue weighted by Gasteiger charge is -2.27. The maximum atomic E-state index is 11.3. The van der Waals surface area contributed by atoms with E-state index in [0.29, 0.717) is 23.6 Å². The monoisotopic (exact) mass is 252 g/mol. The molecule has 0 spiro atoms. The molecule has 3 N–H and O–H groups in total. The molecule has 1 heterocycles. The molecule has 0 saturated carbocycles. The lowest BCUT2D eigenvalue weighted by molar-refractivity contribution is 0.0595. The Balaban J connectivity index is 2.49. The van der Waals surface area contributed by atoms with E-state index >= 15 is 0 Å². The molecule has 0 aliphatic carbocycles. The van der Waals surface area contributed by atoms with E-state index in [1.807, 2.05) is 0 Å². The van der Waals surface area contributed by atoms with Gasteiger partial charge in [-0.25, -0.2) is 4.79 Å². The first kappa shape index (κ1) is 12.5. The molecule has 1 aliphatic heterocycles. The van der Waals surface area contributed by atoms with Crippen molar-refractivity contribution in [1.82, 2.24) is 5.32 Å². The van der Waals surface area contributed by atoms with E-state index in [0.717, 1.165) is 0 Å². The second kappa shape index (κ2) is 4.73. The maximum absolute atomic E-state index is 11.3. The smallest absolute Gasteiger partial charge is 0.408 e. The van der Waals surface area contributed by atoms with Crippen LogP contribution >= 0.6 is 0 Å². The maximum Gasteiger partial charge on any atom is 0.408 e. The SMILES string of the molecule is COc1ccc(OC)c(C2(CN)CNC(=O)O2)c1. The normalized spacial score (nSPS) is 22.3. The summed E-state index contributed by atoms with van der Waals surface area (Å²) in [5, 5.41) is 2.61. The molecule has 1 saturated heterocycles. The molecule has 1 aromatic carbocycles. The summed E-state index contributed by atoms with van der Waals surface area (Å²) in [5.74, 6) is 1.26. The lowest BCUT2D eigenvalue weighted by atomic mass is 9.93. The molecule has 0 aromatic heterocycles.